The average molecular weight is 223 g/mol. The van der Waals surface area contributed by atoms with Gasteiger partial charge in [0.25, 0.3) is 0 Å². The van der Waals surface area contributed by atoms with Gasteiger partial charge in [0.2, 0.25) is 0 Å². The van der Waals surface area contributed by atoms with E-state index in [9.17, 15) is 0 Å². The highest BCUT2D eigenvalue weighted by molar-refractivity contribution is 5.47. The first-order valence-corrected chi connectivity index (χ1v) is 5.47. The Morgan fingerprint density at radius 3 is 2.50 bits per heavy atom. The number of rotatable bonds is 4. The third-order valence-electron chi connectivity index (χ3n) is 2.66. The molecule has 2 rings (SSSR count). The molecule has 16 heavy (non-hydrogen) atoms. The SMILES string of the molecule is COOCc1ccc(N2CCOCC2)cc1. The molecular formula is C12H17NO3. The summed E-state index contributed by atoms with van der Waals surface area (Å²) in [5.74, 6) is 0. The Bertz CT molecular complexity index is 307. The van der Waals surface area contributed by atoms with Crippen molar-refractivity contribution in [3.63, 3.8) is 0 Å². The van der Waals surface area contributed by atoms with E-state index >= 15 is 0 Å². The number of nitrogens with zero attached hydrogens (tertiary/aromatic N) is 1. The molecule has 1 aromatic carbocycles. The van der Waals surface area contributed by atoms with Crippen molar-refractivity contribution in [2.75, 3.05) is 38.3 Å². The number of anilines is 1. The van der Waals surface area contributed by atoms with Gasteiger partial charge in [-0.15, -0.1) is 0 Å². The second-order valence-electron chi connectivity index (χ2n) is 3.69. The Morgan fingerprint density at radius 2 is 1.88 bits per heavy atom. The summed E-state index contributed by atoms with van der Waals surface area (Å²) >= 11 is 0. The third-order valence-corrected chi connectivity index (χ3v) is 2.66. The minimum Gasteiger partial charge on any atom is -0.378 e. The van der Waals surface area contributed by atoms with E-state index in [1.54, 1.807) is 0 Å². The zero-order valence-corrected chi connectivity index (χ0v) is 9.52. The van der Waals surface area contributed by atoms with Crippen molar-refractivity contribution in [2.45, 2.75) is 6.61 Å². The summed E-state index contributed by atoms with van der Waals surface area (Å²) in [6.07, 6.45) is 0. The summed E-state index contributed by atoms with van der Waals surface area (Å²) < 4.78 is 5.32. The van der Waals surface area contributed by atoms with E-state index in [1.807, 2.05) is 0 Å². The minimum absolute atomic E-state index is 0.486. The molecule has 1 heterocycles. The van der Waals surface area contributed by atoms with Gasteiger partial charge in [0, 0.05) is 18.8 Å². The van der Waals surface area contributed by atoms with Crippen LogP contribution in [0.3, 0.4) is 0 Å². The average Bonchev–Trinajstić information content (AvgIpc) is 2.38. The molecular weight excluding hydrogens is 206 g/mol. The number of hydrogen-bond donors (Lipinski definition) is 0. The molecule has 0 radical (unpaired) electrons. The van der Waals surface area contributed by atoms with Crippen LogP contribution in [0.4, 0.5) is 5.69 Å². The van der Waals surface area contributed by atoms with Crippen LogP contribution in [-0.4, -0.2) is 33.4 Å². The lowest BCUT2D eigenvalue weighted by atomic mass is 10.2. The topological polar surface area (TPSA) is 30.9 Å². The van der Waals surface area contributed by atoms with E-state index in [1.165, 1.54) is 12.8 Å². The molecule has 1 aliphatic heterocycles. The van der Waals surface area contributed by atoms with Gasteiger partial charge in [-0.25, -0.2) is 9.78 Å². The Morgan fingerprint density at radius 1 is 1.19 bits per heavy atom. The van der Waals surface area contributed by atoms with Crippen LogP contribution in [0.5, 0.6) is 0 Å². The van der Waals surface area contributed by atoms with Gasteiger partial charge in [0.15, 0.2) is 0 Å². The summed E-state index contributed by atoms with van der Waals surface area (Å²) in [7, 11) is 1.52. The van der Waals surface area contributed by atoms with E-state index in [0.717, 1.165) is 31.9 Å². The molecule has 0 N–H and O–H groups in total. The van der Waals surface area contributed by atoms with Crippen LogP contribution in [0.2, 0.25) is 0 Å². The van der Waals surface area contributed by atoms with Gasteiger partial charge in [-0.05, 0) is 17.7 Å². The van der Waals surface area contributed by atoms with Crippen LogP contribution >= 0.6 is 0 Å². The van der Waals surface area contributed by atoms with E-state index in [0.29, 0.717) is 6.61 Å². The third kappa shape index (κ3) is 2.95. The maximum Gasteiger partial charge on any atom is 0.107 e. The van der Waals surface area contributed by atoms with E-state index in [4.69, 9.17) is 9.62 Å². The second-order valence-corrected chi connectivity index (χ2v) is 3.69. The lowest BCUT2D eigenvalue weighted by molar-refractivity contribution is -0.282. The van der Waals surface area contributed by atoms with Crippen molar-refractivity contribution in [1.29, 1.82) is 0 Å². The molecule has 0 atom stereocenters. The van der Waals surface area contributed by atoms with Gasteiger partial charge in [0.1, 0.15) is 6.61 Å². The Kier molecular flexibility index (Phi) is 4.16. The number of morpholine rings is 1. The highest BCUT2D eigenvalue weighted by atomic mass is 17.2. The van der Waals surface area contributed by atoms with E-state index < -0.39 is 0 Å². The summed E-state index contributed by atoms with van der Waals surface area (Å²) in [4.78, 5) is 11.8. The van der Waals surface area contributed by atoms with Crippen LogP contribution in [0, 0.1) is 0 Å². The van der Waals surface area contributed by atoms with Crippen LogP contribution in [0.25, 0.3) is 0 Å². The van der Waals surface area contributed by atoms with Gasteiger partial charge in [-0.2, -0.15) is 0 Å². The first kappa shape index (κ1) is 11.4. The van der Waals surface area contributed by atoms with Crippen LogP contribution in [0.15, 0.2) is 24.3 Å². The van der Waals surface area contributed by atoms with Gasteiger partial charge in [-0.3, -0.25) is 0 Å². The predicted molar refractivity (Wildman–Crippen MR) is 61.3 cm³/mol. The Hall–Kier alpha value is -1.10. The molecule has 0 unspecified atom stereocenters. The van der Waals surface area contributed by atoms with Gasteiger partial charge < -0.3 is 9.64 Å². The molecule has 1 saturated heterocycles. The molecule has 0 aliphatic carbocycles. The quantitative estimate of drug-likeness (QED) is 0.573. The monoisotopic (exact) mass is 223 g/mol. The summed E-state index contributed by atoms with van der Waals surface area (Å²) in [6.45, 7) is 4.05. The maximum absolute atomic E-state index is 5.32. The predicted octanol–water partition coefficient (Wildman–Crippen LogP) is 1.60. The van der Waals surface area contributed by atoms with Crippen molar-refractivity contribution in [1.82, 2.24) is 0 Å². The normalized spacial score (nSPS) is 16.4. The zero-order chi connectivity index (χ0) is 11.2. The molecule has 4 heteroatoms. The van der Waals surface area contributed by atoms with Crippen LogP contribution < -0.4 is 4.90 Å². The zero-order valence-electron chi connectivity index (χ0n) is 9.52. The molecule has 0 saturated carbocycles. The number of ether oxygens (including phenoxy) is 1. The molecule has 0 spiro atoms. The van der Waals surface area contributed by atoms with Gasteiger partial charge >= 0.3 is 0 Å². The molecule has 1 aliphatic rings. The fraction of sp³-hybridized carbons (Fsp3) is 0.500. The Balaban J connectivity index is 1.95. The standard InChI is InChI=1S/C12H17NO3/c1-14-16-10-11-2-4-12(5-3-11)13-6-8-15-9-7-13/h2-5H,6-10H2,1H3. The number of benzene rings is 1. The lowest BCUT2D eigenvalue weighted by Gasteiger charge is -2.28. The summed E-state index contributed by atoms with van der Waals surface area (Å²) in [5, 5.41) is 0. The largest absolute Gasteiger partial charge is 0.378 e. The highest BCUT2D eigenvalue weighted by Crippen LogP contribution is 2.16. The smallest absolute Gasteiger partial charge is 0.107 e. The summed E-state index contributed by atoms with van der Waals surface area (Å²) in [5.41, 5.74) is 2.35. The van der Waals surface area contributed by atoms with Crippen molar-refractivity contribution < 1.29 is 14.5 Å². The molecule has 0 aromatic heterocycles. The van der Waals surface area contributed by atoms with Gasteiger partial charge in [0.05, 0.1) is 20.3 Å². The highest BCUT2D eigenvalue weighted by Gasteiger charge is 2.10. The van der Waals surface area contributed by atoms with Crippen molar-refractivity contribution in [2.24, 2.45) is 0 Å². The second kappa shape index (κ2) is 5.84. The van der Waals surface area contributed by atoms with E-state index in [-0.39, 0.29) is 0 Å². The van der Waals surface area contributed by atoms with E-state index in [2.05, 4.69) is 34.1 Å². The van der Waals surface area contributed by atoms with Crippen LogP contribution in [0.1, 0.15) is 5.56 Å². The van der Waals surface area contributed by atoms with Crippen molar-refractivity contribution >= 4 is 5.69 Å². The van der Waals surface area contributed by atoms with Crippen molar-refractivity contribution in [3.05, 3.63) is 29.8 Å². The first-order valence-electron chi connectivity index (χ1n) is 5.47. The molecule has 1 fully saturated rings. The molecule has 1 aromatic rings. The maximum atomic E-state index is 5.32. The molecule has 0 bridgehead atoms. The van der Waals surface area contributed by atoms with Crippen LogP contribution in [-0.2, 0) is 21.1 Å². The van der Waals surface area contributed by atoms with Gasteiger partial charge in [-0.1, -0.05) is 12.1 Å². The fourth-order valence-electron chi connectivity index (χ4n) is 1.75. The lowest BCUT2D eigenvalue weighted by Crippen LogP contribution is -2.36. The molecule has 88 valence electrons. The summed E-state index contributed by atoms with van der Waals surface area (Å²) in [6, 6.07) is 8.34. The first-order chi connectivity index (χ1) is 7.90. The molecule has 0 amide bonds. The fourth-order valence-corrected chi connectivity index (χ4v) is 1.75. The van der Waals surface area contributed by atoms with Crippen molar-refractivity contribution in [3.8, 4) is 0 Å². The number of hydrogen-bond acceptors (Lipinski definition) is 4. The minimum atomic E-state index is 0.486. The Labute approximate surface area is 95.6 Å². The molecule has 4 nitrogen and oxygen atoms in total.